The van der Waals surface area contributed by atoms with Gasteiger partial charge in [-0.1, -0.05) is 37.6 Å². The lowest BCUT2D eigenvalue weighted by atomic mass is 10.0. The van der Waals surface area contributed by atoms with Crippen LogP contribution in [0.3, 0.4) is 0 Å². The lowest BCUT2D eigenvalue weighted by Gasteiger charge is -2.39. The second-order valence-corrected chi connectivity index (χ2v) is 11.1. The predicted octanol–water partition coefficient (Wildman–Crippen LogP) is 5.43. The summed E-state index contributed by atoms with van der Waals surface area (Å²) in [4.78, 5) is 43.2. The monoisotopic (exact) mass is 576 g/mol. The van der Waals surface area contributed by atoms with Crippen LogP contribution >= 0.6 is 11.6 Å². The highest BCUT2D eigenvalue weighted by Crippen LogP contribution is 2.39. The van der Waals surface area contributed by atoms with Gasteiger partial charge in [0.15, 0.2) is 5.65 Å². The first-order valence-electron chi connectivity index (χ1n) is 13.5. The summed E-state index contributed by atoms with van der Waals surface area (Å²) in [6.07, 6.45) is 0.764. The molecule has 1 N–H and O–H groups in total. The van der Waals surface area contributed by atoms with Gasteiger partial charge < -0.3 is 19.6 Å². The van der Waals surface area contributed by atoms with E-state index in [-0.39, 0.29) is 25.0 Å². The smallest absolute Gasteiger partial charge is 0.407 e. The molecule has 41 heavy (non-hydrogen) atoms. The third kappa shape index (κ3) is 4.97. The number of carboxylic acid groups (broad SMARTS) is 1. The van der Waals surface area contributed by atoms with E-state index in [1.54, 1.807) is 19.4 Å². The fourth-order valence-corrected chi connectivity index (χ4v) is 5.81. The maximum Gasteiger partial charge on any atom is 0.407 e. The fourth-order valence-electron chi connectivity index (χ4n) is 5.56. The standard InChI is InChI=1S/C30H33ClN6O4/c1-16(2)23-25(17(3)10-11-32-23)37-28-21(14-22(31)24(33-28)20-9-7-8-18(4)26(20)41-6)27(34-29(37)38)36-13-12-35(30(39)40)15-19(36)5/h7-11,14,16,19H,12-13,15H2,1-6H3,(H,39,40)/t19-/m0/s1. The molecule has 4 aromatic rings. The summed E-state index contributed by atoms with van der Waals surface area (Å²) in [7, 11) is 1.60. The molecular weight excluding hydrogens is 544 g/mol. The Morgan fingerprint density at radius 2 is 1.90 bits per heavy atom. The molecule has 0 radical (unpaired) electrons. The summed E-state index contributed by atoms with van der Waals surface area (Å²) in [5.41, 5.74) is 4.22. The zero-order valence-corrected chi connectivity index (χ0v) is 24.7. The molecule has 11 heteroatoms. The molecule has 1 aliphatic heterocycles. The number of benzene rings is 1. The summed E-state index contributed by atoms with van der Waals surface area (Å²) in [5.74, 6) is 1.09. The number of ether oxygens (including phenoxy) is 1. The molecule has 3 aromatic heterocycles. The second kappa shape index (κ2) is 11.0. The number of aromatic nitrogens is 4. The lowest BCUT2D eigenvalue weighted by molar-refractivity contribution is 0.136. The Labute approximate surface area is 243 Å². The van der Waals surface area contributed by atoms with Crippen LogP contribution in [0.5, 0.6) is 5.75 Å². The van der Waals surface area contributed by atoms with Crippen molar-refractivity contribution in [1.29, 1.82) is 0 Å². The van der Waals surface area contributed by atoms with Crippen molar-refractivity contribution in [2.75, 3.05) is 31.6 Å². The Morgan fingerprint density at radius 1 is 1.15 bits per heavy atom. The van der Waals surface area contributed by atoms with Crippen molar-refractivity contribution in [1.82, 2.24) is 24.4 Å². The molecule has 10 nitrogen and oxygen atoms in total. The van der Waals surface area contributed by atoms with Crippen molar-refractivity contribution >= 4 is 34.5 Å². The van der Waals surface area contributed by atoms with Gasteiger partial charge >= 0.3 is 11.8 Å². The molecule has 0 bridgehead atoms. The van der Waals surface area contributed by atoms with Crippen LogP contribution in [-0.4, -0.2) is 68.4 Å². The Kier molecular flexibility index (Phi) is 7.61. The summed E-state index contributed by atoms with van der Waals surface area (Å²) >= 11 is 6.93. The molecule has 0 aliphatic carbocycles. The molecule has 1 aromatic carbocycles. The van der Waals surface area contributed by atoms with E-state index in [9.17, 15) is 14.7 Å². The molecular formula is C30H33ClN6O4. The topological polar surface area (TPSA) is 114 Å². The van der Waals surface area contributed by atoms with Gasteiger partial charge in [-0.25, -0.2) is 19.1 Å². The Balaban J connectivity index is 1.85. The molecule has 214 valence electrons. The maximum atomic E-state index is 14.0. The minimum Gasteiger partial charge on any atom is -0.496 e. The van der Waals surface area contributed by atoms with E-state index < -0.39 is 11.8 Å². The number of carbonyl (C=O) groups is 1. The van der Waals surface area contributed by atoms with Crippen LogP contribution in [0.25, 0.3) is 28.0 Å². The Hall–Kier alpha value is -4.18. The van der Waals surface area contributed by atoms with E-state index in [2.05, 4.69) is 9.97 Å². The van der Waals surface area contributed by atoms with E-state index in [1.807, 2.05) is 63.8 Å². The van der Waals surface area contributed by atoms with E-state index in [0.29, 0.717) is 51.1 Å². The minimum absolute atomic E-state index is 0.0271. The first-order chi connectivity index (χ1) is 19.5. The van der Waals surface area contributed by atoms with Gasteiger partial charge in [-0.05, 0) is 56.0 Å². The van der Waals surface area contributed by atoms with Crippen molar-refractivity contribution in [2.45, 2.75) is 46.6 Å². The first kappa shape index (κ1) is 28.4. The number of fused-ring (bicyclic) bond motifs is 1. The molecule has 0 spiro atoms. The average Bonchev–Trinajstić information content (AvgIpc) is 2.92. The number of para-hydroxylation sites is 1. The van der Waals surface area contributed by atoms with Crippen LogP contribution in [0.15, 0.2) is 41.3 Å². The van der Waals surface area contributed by atoms with E-state index >= 15 is 0 Å². The summed E-state index contributed by atoms with van der Waals surface area (Å²) in [6, 6.07) is 9.16. The highest BCUT2D eigenvalue weighted by Gasteiger charge is 2.31. The second-order valence-electron chi connectivity index (χ2n) is 10.7. The zero-order valence-electron chi connectivity index (χ0n) is 24.0. The molecule has 5 rings (SSSR count). The van der Waals surface area contributed by atoms with Crippen molar-refractivity contribution < 1.29 is 14.6 Å². The van der Waals surface area contributed by atoms with Crippen molar-refractivity contribution in [3.05, 3.63) is 68.9 Å². The highest BCUT2D eigenvalue weighted by atomic mass is 35.5. The van der Waals surface area contributed by atoms with Gasteiger partial charge in [0.05, 0.1) is 34.6 Å². The molecule has 1 aliphatic rings. The fraction of sp³-hybridized carbons (Fsp3) is 0.367. The van der Waals surface area contributed by atoms with Gasteiger partial charge in [0.25, 0.3) is 0 Å². The number of anilines is 1. The van der Waals surface area contributed by atoms with Crippen LogP contribution in [-0.2, 0) is 0 Å². The normalized spacial score (nSPS) is 15.6. The minimum atomic E-state index is -0.973. The van der Waals surface area contributed by atoms with Gasteiger partial charge in [0.2, 0.25) is 0 Å². The highest BCUT2D eigenvalue weighted by molar-refractivity contribution is 6.34. The molecule has 0 saturated carbocycles. The summed E-state index contributed by atoms with van der Waals surface area (Å²) in [6.45, 7) is 10.8. The number of hydrogen-bond acceptors (Lipinski definition) is 7. The van der Waals surface area contributed by atoms with E-state index in [4.69, 9.17) is 21.3 Å². The van der Waals surface area contributed by atoms with Crippen molar-refractivity contribution in [3.8, 4) is 22.7 Å². The average molecular weight is 577 g/mol. The van der Waals surface area contributed by atoms with Gasteiger partial charge in [0.1, 0.15) is 11.6 Å². The summed E-state index contributed by atoms with van der Waals surface area (Å²) < 4.78 is 7.24. The third-order valence-electron chi connectivity index (χ3n) is 7.57. The van der Waals surface area contributed by atoms with Crippen LogP contribution in [0, 0.1) is 13.8 Å². The molecule has 1 amide bonds. The molecule has 1 atom stereocenters. The number of rotatable bonds is 5. The first-order valence-corrected chi connectivity index (χ1v) is 13.9. The quantitative estimate of drug-likeness (QED) is 0.334. The van der Waals surface area contributed by atoms with Crippen molar-refractivity contribution in [3.63, 3.8) is 0 Å². The van der Waals surface area contributed by atoms with Crippen LogP contribution in [0.4, 0.5) is 10.6 Å². The number of nitrogens with zero attached hydrogens (tertiary/aromatic N) is 6. The van der Waals surface area contributed by atoms with Crippen LogP contribution in [0.2, 0.25) is 5.02 Å². The van der Waals surface area contributed by atoms with Gasteiger partial charge in [0, 0.05) is 37.4 Å². The van der Waals surface area contributed by atoms with E-state index in [1.165, 1.54) is 9.47 Å². The number of hydrogen-bond donors (Lipinski definition) is 1. The van der Waals surface area contributed by atoms with Crippen molar-refractivity contribution in [2.24, 2.45) is 0 Å². The Morgan fingerprint density at radius 3 is 2.56 bits per heavy atom. The maximum absolute atomic E-state index is 14.0. The van der Waals surface area contributed by atoms with Crippen LogP contribution in [0.1, 0.15) is 43.5 Å². The number of amides is 1. The molecule has 1 saturated heterocycles. The molecule has 1 fully saturated rings. The third-order valence-corrected chi connectivity index (χ3v) is 7.86. The number of halogens is 1. The number of piperazine rings is 1. The molecule has 4 heterocycles. The molecule has 0 unspecified atom stereocenters. The number of pyridine rings is 2. The van der Waals surface area contributed by atoms with Gasteiger partial charge in [-0.2, -0.15) is 4.98 Å². The zero-order chi connectivity index (χ0) is 29.6. The predicted molar refractivity (Wildman–Crippen MR) is 160 cm³/mol. The number of methoxy groups -OCH3 is 1. The SMILES string of the molecule is COc1c(C)cccc1-c1nc2c(cc1Cl)c(N1CCN(C(=O)O)C[C@@H]1C)nc(=O)n2-c1c(C)ccnc1C(C)C. The van der Waals surface area contributed by atoms with Gasteiger partial charge in [-0.15, -0.1) is 0 Å². The van der Waals surface area contributed by atoms with Gasteiger partial charge in [-0.3, -0.25) is 4.98 Å². The van der Waals surface area contributed by atoms with Crippen LogP contribution < -0.4 is 15.3 Å². The lowest BCUT2D eigenvalue weighted by Crippen LogP contribution is -2.54. The summed E-state index contributed by atoms with van der Waals surface area (Å²) in [5, 5.41) is 10.5. The largest absolute Gasteiger partial charge is 0.496 e. The number of aryl methyl sites for hydroxylation is 2. The van der Waals surface area contributed by atoms with E-state index in [0.717, 1.165) is 16.8 Å². The Bertz CT molecular complexity index is 1720.